The van der Waals surface area contributed by atoms with Crippen LogP contribution in [-0.2, 0) is 14.8 Å². The minimum atomic E-state index is -3.37. The molecule has 1 aromatic rings. The van der Waals surface area contributed by atoms with Gasteiger partial charge in [0.15, 0.2) is 0 Å². The Bertz CT molecular complexity index is 723. The van der Waals surface area contributed by atoms with Gasteiger partial charge in [0.25, 0.3) is 5.91 Å². The van der Waals surface area contributed by atoms with Gasteiger partial charge in [0.1, 0.15) is 0 Å². The molecule has 0 spiro atoms. The maximum absolute atomic E-state index is 12.3. The number of carbonyl (C=O) groups is 2. The van der Waals surface area contributed by atoms with Crippen molar-refractivity contribution >= 4 is 21.8 Å². The van der Waals surface area contributed by atoms with E-state index < -0.39 is 22.2 Å². The lowest BCUT2D eigenvalue weighted by Crippen LogP contribution is -2.49. The minimum Gasteiger partial charge on any atom is -0.391 e. The number of hydrogen-bond donors (Lipinski definition) is 4. The summed E-state index contributed by atoms with van der Waals surface area (Å²) in [7, 11) is -2.05. The van der Waals surface area contributed by atoms with Crippen LogP contribution in [0.1, 0.15) is 29.6 Å². The molecule has 9 heteroatoms. The minimum absolute atomic E-state index is 0.0160. The molecule has 26 heavy (non-hydrogen) atoms. The molecule has 1 fully saturated rings. The summed E-state index contributed by atoms with van der Waals surface area (Å²) in [5, 5.41) is 15.5. The molecule has 1 saturated carbocycles. The van der Waals surface area contributed by atoms with Crippen molar-refractivity contribution in [3.8, 4) is 0 Å². The summed E-state index contributed by atoms with van der Waals surface area (Å²) in [6, 6.07) is 8.14. The van der Waals surface area contributed by atoms with Crippen molar-refractivity contribution in [3.05, 3.63) is 35.9 Å². The van der Waals surface area contributed by atoms with Gasteiger partial charge in [-0.1, -0.05) is 18.2 Å². The third-order valence-corrected chi connectivity index (χ3v) is 5.88. The van der Waals surface area contributed by atoms with Gasteiger partial charge < -0.3 is 15.7 Å². The van der Waals surface area contributed by atoms with Crippen molar-refractivity contribution in [2.24, 2.45) is 5.92 Å². The van der Waals surface area contributed by atoms with Gasteiger partial charge in [-0.3, -0.25) is 9.59 Å². The van der Waals surface area contributed by atoms with Gasteiger partial charge in [-0.25, -0.2) is 13.1 Å². The van der Waals surface area contributed by atoms with Gasteiger partial charge in [-0.2, -0.15) is 0 Å². The van der Waals surface area contributed by atoms with E-state index in [1.54, 1.807) is 30.3 Å². The van der Waals surface area contributed by atoms with E-state index in [2.05, 4.69) is 15.4 Å². The number of aliphatic hydroxyl groups is 1. The quantitative estimate of drug-likeness (QED) is 0.510. The van der Waals surface area contributed by atoms with Crippen LogP contribution in [0, 0.1) is 5.92 Å². The number of carbonyl (C=O) groups excluding carboxylic acids is 2. The van der Waals surface area contributed by atoms with Crippen LogP contribution < -0.4 is 15.4 Å². The maximum Gasteiger partial charge on any atom is 0.251 e. The second kappa shape index (κ2) is 9.11. The number of amides is 2. The summed E-state index contributed by atoms with van der Waals surface area (Å²) < 4.78 is 24.9. The molecule has 0 saturated heterocycles. The standard InChI is InChI=1S/C17H25N3O5S/c1-18-26(24,25)10-9-19-16(22)13-7-8-15(21)14(11-13)20-17(23)12-5-3-2-4-6-12/h2-6,13-15,18,21H,7-11H2,1H3,(H,19,22)(H,20,23)/t13-,14+,15+/m0/s1. The van der Waals surface area contributed by atoms with Crippen molar-refractivity contribution in [1.82, 2.24) is 15.4 Å². The van der Waals surface area contributed by atoms with Crippen molar-refractivity contribution in [2.75, 3.05) is 19.3 Å². The molecule has 0 radical (unpaired) electrons. The monoisotopic (exact) mass is 383 g/mol. The first-order valence-electron chi connectivity index (χ1n) is 8.55. The van der Waals surface area contributed by atoms with Crippen LogP contribution in [0.2, 0.25) is 0 Å². The molecule has 2 rings (SSSR count). The fourth-order valence-electron chi connectivity index (χ4n) is 2.94. The largest absolute Gasteiger partial charge is 0.391 e. The van der Waals surface area contributed by atoms with E-state index in [0.717, 1.165) is 0 Å². The summed E-state index contributed by atoms with van der Waals surface area (Å²) in [6.07, 6.45) is 0.483. The summed E-state index contributed by atoms with van der Waals surface area (Å²) in [5.74, 6) is -1.13. The average Bonchev–Trinajstić information content (AvgIpc) is 2.64. The van der Waals surface area contributed by atoms with Gasteiger partial charge in [0.05, 0.1) is 17.9 Å². The molecule has 3 atom stereocenters. The second-order valence-electron chi connectivity index (χ2n) is 6.34. The lowest BCUT2D eigenvalue weighted by Gasteiger charge is -2.33. The molecule has 1 aliphatic carbocycles. The van der Waals surface area contributed by atoms with Gasteiger partial charge in [-0.15, -0.1) is 0 Å². The second-order valence-corrected chi connectivity index (χ2v) is 8.38. The number of benzene rings is 1. The molecule has 0 aromatic heterocycles. The van der Waals surface area contributed by atoms with Gasteiger partial charge in [-0.05, 0) is 38.4 Å². The predicted molar refractivity (Wildman–Crippen MR) is 96.9 cm³/mol. The third-order valence-electron chi connectivity index (χ3n) is 4.52. The zero-order valence-corrected chi connectivity index (χ0v) is 15.5. The Morgan fingerprint density at radius 3 is 2.54 bits per heavy atom. The van der Waals surface area contributed by atoms with Crippen LogP contribution in [-0.4, -0.2) is 56.8 Å². The van der Waals surface area contributed by atoms with E-state index in [-0.39, 0.29) is 30.0 Å². The number of aliphatic hydroxyl groups excluding tert-OH is 1. The fourth-order valence-corrected chi connectivity index (χ4v) is 3.52. The lowest BCUT2D eigenvalue weighted by molar-refractivity contribution is -0.126. The molecular formula is C17H25N3O5S. The van der Waals surface area contributed by atoms with E-state index >= 15 is 0 Å². The highest BCUT2D eigenvalue weighted by molar-refractivity contribution is 7.89. The zero-order valence-electron chi connectivity index (χ0n) is 14.6. The molecule has 0 bridgehead atoms. The number of hydrogen-bond acceptors (Lipinski definition) is 5. The van der Waals surface area contributed by atoms with E-state index in [4.69, 9.17) is 0 Å². The van der Waals surface area contributed by atoms with Crippen LogP contribution in [0.3, 0.4) is 0 Å². The third kappa shape index (κ3) is 5.79. The summed E-state index contributed by atoms with van der Waals surface area (Å²) in [6.45, 7) is 0.0160. The van der Waals surface area contributed by atoms with Crippen molar-refractivity contribution < 1.29 is 23.1 Å². The highest BCUT2D eigenvalue weighted by atomic mass is 32.2. The molecule has 4 N–H and O–H groups in total. The lowest BCUT2D eigenvalue weighted by atomic mass is 9.83. The molecule has 1 aromatic carbocycles. The van der Waals surface area contributed by atoms with E-state index in [1.807, 2.05) is 0 Å². The zero-order chi connectivity index (χ0) is 19.2. The first-order valence-corrected chi connectivity index (χ1v) is 10.2. The summed E-state index contributed by atoms with van der Waals surface area (Å²) in [4.78, 5) is 24.5. The maximum atomic E-state index is 12.3. The van der Waals surface area contributed by atoms with Crippen molar-refractivity contribution in [2.45, 2.75) is 31.4 Å². The van der Waals surface area contributed by atoms with Crippen LogP contribution >= 0.6 is 0 Å². The number of sulfonamides is 1. The van der Waals surface area contributed by atoms with Crippen LogP contribution in [0.5, 0.6) is 0 Å². The topological polar surface area (TPSA) is 125 Å². The summed E-state index contributed by atoms with van der Waals surface area (Å²) in [5.41, 5.74) is 0.489. The average molecular weight is 383 g/mol. The van der Waals surface area contributed by atoms with Gasteiger partial charge >= 0.3 is 0 Å². The Kier molecular flexibility index (Phi) is 7.13. The molecule has 8 nitrogen and oxygen atoms in total. The Hall–Kier alpha value is -1.97. The van der Waals surface area contributed by atoms with Gasteiger partial charge in [0.2, 0.25) is 15.9 Å². The Morgan fingerprint density at radius 2 is 1.88 bits per heavy atom. The van der Waals surface area contributed by atoms with Crippen LogP contribution in [0.25, 0.3) is 0 Å². The summed E-state index contributed by atoms with van der Waals surface area (Å²) >= 11 is 0. The first kappa shape index (κ1) is 20.3. The molecule has 0 aliphatic heterocycles. The van der Waals surface area contributed by atoms with Gasteiger partial charge in [0, 0.05) is 18.0 Å². The van der Waals surface area contributed by atoms with Crippen LogP contribution in [0.15, 0.2) is 30.3 Å². The first-order chi connectivity index (χ1) is 12.3. The smallest absolute Gasteiger partial charge is 0.251 e. The number of rotatable bonds is 7. The molecule has 144 valence electrons. The fraction of sp³-hybridized carbons (Fsp3) is 0.529. The predicted octanol–water partition coefficient (Wildman–Crippen LogP) is -0.389. The highest BCUT2D eigenvalue weighted by Gasteiger charge is 2.33. The van der Waals surface area contributed by atoms with E-state index in [0.29, 0.717) is 24.8 Å². The molecule has 0 unspecified atom stereocenters. The highest BCUT2D eigenvalue weighted by Crippen LogP contribution is 2.25. The molecule has 2 amide bonds. The molecule has 0 heterocycles. The van der Waals surface area contributed by atoms with E-state index in [1.165, 1.54) is 7.05 Å². The Morgan fingerprint density at radius 1 is 1.19 bits per heavy atom. The van der Waals surface area contributed by atoms with Crippen molar-refractivity contribution in [3.63, 3.8) is 0 Å². The Labute approximate surface area is 153 Å². The Balaban J connectivity index is 1.88. The van der Waals surface area contributed by atoms with Crippen molar-refractivity contribution in [1.29, 1.82) is 0 Å². The number of nitrogens with one attached hydrogen (secondary N) is 3. The van der Waals surface area contributed by atoms with Crippen LogP contribution in [0.4, 0.5) is 0 Å². The molecular weight excluding hydrogens is 358 g/mol. The SMILES string of the molecule is CNS(=O)(=O)CCNC(=O)[C@H]1CC[C@@H](O)[C@H](NC(=O)c2ccccc2)C1. The molecule has 1 aliphatic rings. The normalized spacial score (nSPS) is 23.2. The van der Waals surface area contributed by atoms with E-state index in [9.17, 15) is 23.1 Å².